The Morgan fingerprint density at radius 2 is 2.00 bits per heavy atom. The van der Waals surface area contributed by atoms with Crippen LogP contribution in [0.15, 0.2) is 30.3 Å². The largest absolute Gasteiger partial charge is 0.379 e. The number of fused-ring (bicyclic) bond motifs is 1. The molecule has 1 unspecified atom stereocenters. The van der Waals surface area contributed by atoms with Gasteiger partial charge >= 0.3 is 0 Å². The number of aliphatic hydroxyl groups excluding tert-OH is 1. The lowest BCUT2D eigenvalue weighted by molar-refractivity contribution is -0.0992. The van der Waals surface area contributed by atoms with Gasteiger partial charge in [0.2, 0.25) is 0 Å². The van der Waals surface area contributed by atoms with Crippen LogP contribution in [0.1, 0.15) is 48.9 Å². The molecule has 0 saturated heterocycles. The fourth-order valence-electron chi connectivity index (χ4n) is 2.49. The number of benzene rings is 1. The molecule has 0 spiro atoms. The molecule has 0 aliphatic carbocycles. The molecule has 1 aromatic carbocycles. The monoisotopic (exact) mass is 297 g/mol. The molecule has 0 fully saturated rings. The van der Waals surface area contributed by atoms with Crippen LogP contribution in [0.3, 0.4) is 0 Å². The van der Waals surface area contributed by atoms with Gasteiger partial charge in [-0.1, -0.05) is 30.3 Å². The van der Waals surface area contributed by atoms with E-state index in [-0.39, 0.29) is 12.2 Å². The van der Waals surface area contributed by atoms with Gasteiger partial charge in [-0.2, -0.15) is 5.10 Å². The molecule has 1 aliphatic rings. The average Bonchev–Trinajstić information content (AvgIpc) is 2.99. The Labute approximate surface area is 119 Å². The molecular formula is C14H14F3N3O. The minimum atomic E-state index is -3.38. The van der Waals surface area contributed by atoms with E-state index in [1.165, 1.54) is 4.68 Å². The minimum Gasteiger partial charge on any atom is -0.379 e. The Hall–Kier alpha value is -1.89. The van der Waals surface area contributed by atoms with E-state index in [0.717, 1.165) is 5.56 Å². The average molecular weight is 297 g/mol. The summed E-state index contributed by atoms with van der Waals surface area (Å²) in [5.74, 6) is -3.83. The number of aromatic nitrogens is 3. The van der Waals surface area contributed by atoms with Crippen LogP contribution in [0.5, 0.6) is 0 Å². The highest BCUT2D eigenvalue weighted by Gasteiger charge is 2.41. The van der Waals surface area contributed by atoms with Crippen molar-refractivity contribution in [3.05, 3.63) is 47.5 Å². The van der Waals surface area contributed by atoms with Crippen molar-refractivity contribution in [2.24, 2.45) is 0 Å². The molecule has 21 heavy (non-hydrogen) atoms. The van der Waals surface area contributed by atoms with Gasteiger partial charge in [-0.05, 0) is 5.56 Å². The molecule has 3 rings (SSSR count). The summed E-state index contributed by atoms with van der Waals surface area (Å²) in [4.78, 5) is 3.76. The molecule has 0 radical (unpaired) electrons. The SMILES string of the molecule is CC(F)(F)C(O)c1nc2n(n1)[C@H](c1ccccc1)C[C@@H]2F. The lowest BCUT2D eigenvalue weighted by Crippen LogP contribution is -2.23. The summed E-state index contributed by atoms with van der Waals surface area (Å²) >= 11 is 0. The molecule has 4 nitrogen and oxygen atoms in total. The van der Waals surface area contributed by atoms with Crippen LogP contribution >= 0.6 is 0 Å². The van der Waals surface area contributed by atoms with Crippen molar-refractivity contribution in [3.63, 3.8) is 0 Å². The van der Waals surface area contributed by atoms with Crippen LogP contribution < -0.4 is 0 Å². The number of alkyl halides is 3. The Bertz CT molecular complexity index is 639. The summed E-state index contributed by atoms with van der Waals surface area (Å²) in [6.07, 6.45) is -3.36. The van der Waals surface area contributed by atoms with Gasteiger partial charge in [-0.3, -0.25) is 0 Å². The van der Waals surface area contributed by atoms with Crippen molar-refractivity contribution in [2.75, 3.05) is 0 Å². The zero-order valence-corrected chi connectivity index (χ0v) is 11.2. The molecule has 0 saturated carbocycles. The number of hydrogen-bond acceptors (Lipinski definition) is 3. The Morgan fingerprint density at radius 3 is 2.62 bits per heavy atom. The zero-order chi connectivity index (χ0) is 15.2. The molecule has 112 valence electrons. The van der Waals surface area contributed by atoms with Crippen LogP contribution in [0, 0.1) is 0 Å². The number of halogens is 3. The predicted octanol–water partition coefficient (Wildman–Crippen LogP) is 2.97. The number of nitrogens with zero attached hydrogens (tertiary/aromatic N) is 3. The summed E-state index contributed by atoms with van der Waals surface area (Å²) in [6.45, 7) is 0.575. The van der Waals surface area contributed by atoms with Gasteiger partial charge in [0.05, 0.1) is 6.04 Å². The van der Waals surface area contributed by atoms with Crippen LogP contribution in [0.4, 0.5) is 13.2 Å². The van der Waals surface area contributed by atoms with Crippen LogP contribution in [0.25, 0.3) is 0 Å². The molecule has 7 heteroatoms. The Kier molecular flexibility index (Phi) is 3.24. The second kappa shape index (κ2) is 4.84. The number of aliphatic hydroxyl groups is 1. The van der Waals surface area contributed by atoms with Crippen molar-refractivity contribution < 1.29 is 18.3 Å². The van der Waals surface area contributed by atoms with Gasteiger partial charge in [0.15, 0.2) is 23.9 Å². The van der Waals surface area contributed by atoms with Crippen molar-refractivity contribution in [1.29, 1.82) is 0 Å². The highest BCUT2D eigenvalue weighted by Crippen LogP contribution is 2.40. The lowest BCUT2D eigenvalue weighted by Gasteiger charge is -2.15. The third-order valence-electron chi connectivity index (χ3n) is 3.59. The molecule has 1 aliphatic heterocycles. The van der Waals surface area contributed by atoms with E-state index in [1.807, 2.05) is 30.3 Å². The minimum absolute atomic E-state index is 0.0119. The molecule has 0 bridgehead atoms. The molecule has 1 N–H and O–H groups in total. The second-order valence-corrected chi connectivity index (χ2v) is 5.26. The standard InChI is InChI=1S/C14H14F3N3O/c1-14(16,17)11(21)12-18-13-9(15)7-10(20(13)19-12)8-5-3-2-4-6-8/h2-6,9-11,21H,7H2,1H3/t9-,10-,11?/m0/s1. The first-order valence-corrected chi connectivity index (χ1v) is 6.59. The number of rotatable bonds is 3. The summed E-state index contributed by atoms with van der Waals surface area (Å²) in [5.41, 5.74) is 0.827. The summed E-state index contributed by atoms with van der Waals surface area (Å²) in [5, 5.41) is 13.4. The van der Waals surface area contributed by atoms with Gasteiger partial charge in [0.1, 0.15) is 0 Å². The van der Waals surface area contributed by atoms with E-state index in [4.69, 9.17) is 0 Å². The van der Waals surface area contributed by atoms with E-state index in [2.05, 4.69) is 10.1 Å². The molecular weight excluding hydrogens is 283 g/mol. The van der Waals surface area contributed by atoms with E-state index in [1.54, 1.807) is 0 Å². The summed E-state index contributed by atoms with van der Waals surface area (Å²) < 4.78 is 41.6. The maximum Gasteiger partial charge on any atom is 0.278 e. The highest BCUT2D eigenvalue weighted by molar-refractivity contribution is 5.23. The van der Waals surface area contributed by atoms with Crippen molar-refractivity contribution >= 4 is 0 Å². The maximum atomic E-state index is 14.0. The summed E-state index contributed by atoms with van der Waals surface area (Å²) in [7, 11) is 0. The lowest BCUT2D eigenvalue weighted by atomic mass is 10.0. The quantitative estimate of drug-likeness (QED) is 0.947. The predicted molar refractivity (Wildman–Crippen MR) is 68.6 cm³/mol. The fourth-order valence-corrected chi connectivity index (χ4v) is 2.49. The smallest absolute Gasteiger partial charge is 0.278 e. The van der Waals surface area contributed by atoms with Crippen molar-refractivity contribution in [1.82, 2.24) is 14.8 Å². The first kappa shape index (κ1) is 14.1. The van der Waals surface area contributed by atoms with Gasteiger partial charge < -0.3 is 5.11 Å². The van der Waals surface area contributed by atoms with Crippen molar-refractivity contribution in [2.45, 2.75) is 37.6 Å². The van der Waals surface area contributed by atoms with E-state index >= 15 is 0 Å². The second-order valence-electron chi connectivity index (χ2n) is 5.26. The molecule has 2 aromatic rings. The topological polar surface area (TPSA) is 50.9 Å². The zero-order valence-electron chi connectivity index (χ0n) is 11.2. The van der Waals surface area contributed by atoms with Gasteiger partial charge in [-0.15, -0.1) is 0 Å². The van der Waals surface area contributed by atoms with Gasteiger partial charge in [-0.25, -0.2) is 22.8 Å². The first-order valence-electron chi connectivity index (χ1n) is 6.59. The third kappa shape index (κ3) is 2.42. The third-order valence-corrected chi connectivity index (χ3v) is 3.59. The van der Waals surface area contributed by atoms with E-state index < -0.39 is 30.1 Å². The molecule has 3 atom stereocenters. The van der Waals surface area contributed by atoms with Gasteiger partial charge in [0, 0.05) is 13.3 Å². The fraction of sp³-hybridized carbons (Fsp3) is 0.429. The first-order chi connectivity index (χ1) is 9.88. The van der Waals surface area contributed by atoms with Gasteiger partial charge in [0.25, 0.3) is 5.92 Å². The van der Waals surface area contributed by atoms with Crippen molar-refractivity contribution in [3.8, 4) is 0 Å². The summed E-state index contributed by atoms with van der Waals surface area (Å²) in [6, 6.07) is 8.70. The molecule has 0 amide bonds. The Morgan fingerprint density at radius 1 is 1.33 bits per heavy atom. The molecule has 2 heterocycles. The Balaban J connectivity index is 1.99. The number of hydrogen-bond donors (Lipinski definition) is 1. The van der Waals surface area contributed by atoms with Crippen LogP contribution in [0.2, 0.25) is 0 Å². The van der Waals surface area contributed by atoms with E-state index in [0.29, 0.717) is 6.92 Å². The molecule has 1 aromatic heterocycles. The van der Waals surface area contributed by atoms with E-state index in [9.17, 15) is 18.3 Å². The normalized spacial score (nSPS) is 23.1. The maximum absolute atomic E-state index is 14.0. The highest BCUT2D eigenvalue weighted by atomic mass is 19.3. The van der Waals surface area contributed by atoms with Crippen LogP contribution in [-0.2, 0) is 0 Å². The van der Waals surface area contributed by atoms with Crippen LogP contribution in [-0.4, -0.2) is 25.8 Å².